The van der Waals surface area contributed by atoms with E-state index in [0.717, 1.165) is 38.8 Å². The van der Waals surface area contributed by atoms with Crippen LogP contribution in [0, 0.1) is 0 Å². The van der Waals surface area contributed by atoms with Crippen LogP contribution in [0.4, 0.5) is 17.5 Å². The van der Waals surface area contributed by atoms with E-state index in [1.165, 1.54) is 11.8 Å². The molecule has 0 bridgehead atoms. The molecule has 2 amide bonds. The van der Waals surface area contributed by atoms with Crippen LogP contribution in [0.25, 0.3) is 0 Å². The Balaban J connectivity index is 1.35. The van der Waals surface area contributed by atoms with Gasteiger partial charge in [-0.2, -0.15) is 4.98 Å². The number of nitrogens with zero attached hydrogens (tertiary/aromatic N) is 4. The number of aromatic nitrogens is 2. The summed E-state index contributed by atoms with van der Waals surface area (Å²) >= 11 is 0. The second-order valence-corrected chi connectivity index (χ2v) is 9.85. The molecule has 3 heterocycles. The third-order valence-corrected chi connectivity index (χ3v) is 7.13. The Labute approximate surface area is 216 Å². The van der Waals surface area contributed by atoms with Crippen LogP contribution < -0.4 is 21.7 Å². The van der Waals surface area contributed by atoms with Gasteiger partial charge in [0.1, 0.15) is 11.4 Å². The van der Waals surface area contributed by atoms with Gasteiger partial charge >= 0.3 is 0 Å². The molecule has 192 valence electrons. The van der Waals surface area contributed by atoms with Crippen molar-refractivity contribution in [1.82, 2.24) is 14.9 Å². The minimum absolute atomic E-state index is 0.00918. The topological polar surface area (TPSA) is 130 Å². The number of primary amides is 1. The van der Waals surface area contributed by atoms with Gasteiger partial charge in [0.15, 0.2) is 0 Å². The van der Waals surface area contributed by atoms with E-state index in [9.17, 15) is 9.59 Å². The molecule has 5 N–H and O–H groups in total. The summed E-state index contributed by atoms with van der Waals surface area (Å²) in [4.78, 5) is 38.4. The SMILES string of the molecule is NC(=O)c1cnc(N2CCC[C@H](N)C2)nc1Nc1cccc(C(=O)N2CCC[C@H](c3ccccc3)C2)c1. The van der Waals surface area contributed by atoms with Crippen molar-refractivity contribution < 1.29 is 9.59 Å². The third-order valence-electron chi connectivity index (χ3n) is 7.13. The minimum Gasteiger partial charge on any atom is -0.365 e. The Bertz CT molecular complexity index is 1270. The molecule has 0 spiro atoms. The highest BCUT2D eigenvalue weighted by molar-refractivity contribution is 5.99. The Morgan fingerprint density at radius 1 is 0.973 bits per heavy atom. The van der Waals surface area contributed by atoms with Gasteiger partial charge in [-0.1, -0.05) is 36.4 Å². The fourth-order valence-corrected chi connectivity index (χ4v) is 5.20. The number of hydrogen-bond donors (Lipinski definition) is 3. The van der Waals surface area contributed by atoms with E-state index in [0.29, 0.717) is 42.0 Å². The summed E-state index contributed by atoms with van der Waals surface area (Å²) in [5, 5.41) is 3.20. The normalized spacial score (nSPS) is 19.9. The van der Waals surface area contributed by atoms with Crippen LogP contribution in [-0.2, 0) is 0 Å². The van der Waals surface area contributed by atoms with Crippen LogP contribution in [0.15, 0.2) is 60.8 Å². The van der Waals surface area contributed by atoms with E-state index in [-0.39, 0.29) is 17.5 Å². The standard InChI is InChI=1S/C28H33N7O2/c29-22-11-6-14-35(18-22)28-31-16-24(25(30)36)26(33-28)32-23-12-4-9-20(15-23)27(37)34-13-5-10-21(17-34)19-7-2-1-3-8-19/h1-4,7-9,12,15-16,21-22H,5-6,10-11,13-14,17-18,29H2,(H2,30,36)(H,31,32,33)/t21-,22-/m0/s1. The predicted molar refractivity (Wildman–Crippen MR) is 144 cm³/mol. The number of anilines is 3. The highest BCUT2D eigenvalue weighted by Crippen LogP contribution is 2.28. The molecule has 2 aliphatic heterocycles. The fourth-order valence-electron chi connectivity index (χ4n) is 5.20. The Morgan fingerprint density at radius 2 is 1.78 bits per heavy atom. The summed E-state index contributed by atoms with van der Waals surface area (Å²) in [7, 11) is 0. The maximum atomic E-state index is 13.4. The van der Waals surface area contributed by atoms with Gasteiger partial charge in [0.25, 0.3) is 11.8 Å². The summed E-state index contributed by atoms with van der Waals surface area (Å²) in [5.74, 6) is 0.501. The van der Waals surface area contributed by atoms with Crippen molar-refractivity contribution in [2.45, 2.75) is 37.6 Å². The number of carbonyl (C=O) groups is 2. The molecule has 0 radical (unpaired) electrons. The molecule has 9 nitrogen and oxygen atoms in total. The average molecular weight is 500 g/mol. The van der Waals surface area contributed by atoms with E-state index in [2.05, 4.69) is 27.4 Å². The van der Waals surface area contributed by atoms with E-state index in [1.807, 2.05) is 46.2 Å². The first-order chi connectivity index (χ1) is 18.0. The average Bonchev–Trinajstić information content (AvgIpc) is 2.93. The van der Waals surface area contributed by atoms with Crippen molar-refractivity contribution in [2.24, 2.45) is 11.5 Å². The minimum atomic E-state index is -0.628. The number of benzene rings is 2. The molecule has 9 heteroatoms. The van der Waals surface area contributed by atoms with Crippen LogP contribution in [0.2, 0.25) is 0 Å². The lowest BCUT2D eigenvalue weighted by atomic mass is 9.90. The van der Waals surface area contributed by atoms with Crippen molar-refractivity contribution >= 4 is 29.3 Å². The number of piperidine rings is 2. The molecule has 0 unspecified atom stereocenters. The summed E-state index contributed by atoms with van der Waals surface area (Å²) in [5.41, 5.74) is 14.4. The molecular weight excluding hydrogens is 466 g/mol. The smallest absolute Gasteiger partial charge is 0.254 e. The Morgan fingerprint density at radius 3 is 2.57 bits per heavy atom. The highest BCUT2D eigenvalue weighted by atomic mass is 16.2. The van der Waals surface area contributed by atoms with Crippen LogP contribution in [-0.4, -0.2) is 58.9 Å². The number of nitrogens with two attached hydrogens (primary N) is 2. The first-order valence-corrected chi connectivity index (χ1v) is 12.9. The van der Waals surface area contributed by atoms with Gasteiger partial charge in [-0.05, 0) is 49.4 Å². The Kier molecular flexibility index (Phi) is 7.32. The van der Waals surface area contributed by atoms with Crippen LogP contribution in [0.1, 0.15) is 57.9 Å². The number of carbonyl (C=O) groups excluding carboxylic acids is 2. The van der Waals surface area contributed by atoms with Crippen molar-refractivity contribution in [1.29, 1.82) is 0 Å². The fraction of sp³-hybridized carbons (Fsp3) is 0.357. The lowest BCUT2D eigenvalue weighted by Gasteiger charge is -2.33. The van der Waals surface area contributed by atoms with Gasteiger partial charge in [0, 0.05) is 55.6 Å². The largest absolute Gasteiger partial charge is 0.365 e. The molecule has 37 heavy (non-hydrogen) atoms. The first-order valence-electron chi connectivity index (χ1n) is 12.9. The van der Waals surface area contributed by atoms with E-state index < -0.39 is 5.91 Å². The lowest BCUT2D eigenvalue weighted by molar-refractivity contribution is 0.0707. The van der Waals surface area contributed by atoms with E-state index >= 15 is 0 Å². The second kappa shape index (κ2) is 11.0. The number of amides is 2. The van der Waals surface area contributed by atoms with Crippen molar-refractivity contribution in [3.05, 3.63) is 77.5 Å². The highest BCUT2D eigenvalue weighted by Gasteiger charge is 2.26. The second-order valence-electron chi connectivity index (χ2n) is 9.85. The van der Waals surface area contributed by atoms with Gasteiger partial charge in [-0.15, -0.1) is 0 Å². The molecule has 5 rings (SSSR count). The summed E-state index contributed by atoms with van der Waals surface area (Å²) in [6.07, 6.45) is 5.40. The molecule has 2 fully saturated rings. The molecule has 2 aliphatic rings. The number of likely N-dealkylation sites (tertiary alicyclic amines) is 1. The van der Waals surface area contributed by atoms with Crippen LogP contribution in [0.3, 0.4) is 0 Å². The maximum Gasteiger partial charge on any atom is 0.254 e. The zero-order valence-corrected chi connectivity index (χ0v) is 20.8. The van der Waals surface area contributed by atoms with E-state index in [1.54, 1.807) is 6.07 Å². The van der Waals surface area contributed by atoms with Crippen LogP contribution >= 0.6 is 0 Å². The van der Waals surface area contributed by atoms with Crippen molar-refractivity contribution in [3.8, 4) is 0 Å². The molecule has 3 aromatic rings. The van der Waals surface area contributed by atoms with Gasteiger partial charge in [-0.25, -0.2) is 4.98 Å². The summed E-state index contributed by atoms with van der Waals surface area (Å²) in [6.45, 7) is 2.88. The molecule has 2 aromatic carbocycles. The number of rotatable bonds is 6. The Hall–Kier alpha value is -3.98. The summed E-state index contributed by atoms with van der Waals surface area (Å²) < 4.78 is 0. The van der Waals surface area contributed by atoms with Gasteiger partial charge in [0.05, 0.1) is 0 Å². The monoisotopic (exact) mass is 499 g/mol. The lowest BCUT2D eigenvalue weighted by Crippen LogP contribution is -2.43. The quantitative estimate of drug-likeness (QED) is 0.474. The van der Waals surface area contributed by atoms with Crippen molar-refractivity contribution in [3.63, 3.8) is 0 Å². The van der Waals surface area contributed by atoms with Crippen molar-refractivity contribution in [2.75, 3.05) is 36.4 Å². The molecule has 0 saturated carbocycles. The van der Waals surface area contributed by atoms with Gasteiger partial charge in [-0.3, -0.25) is 9.59 Å². The molecule has 2 atom stereocenters. The zero-order chi connectivity index (χ0) is 25.8. The van der Waals surface area contributed by atoms with Crippen LogP contribution in [0.5, 0.6) is 0 Å². The first kappa shape index (κ1) is 24.7. The summed E-state index contributed by atoms with van der Waals surface area (Å²) in [6, 6.07) is 17.7. The number of nitrogens with one attached hydrogen (secondary N) is 1. The molecule has 0 aliphatic carbocycles. The third kappa shape index (κ3) is 5.72. The molecule has 1 aromatic heterocycles. The predicted octanol–water partition coefficient (Wildman–Crippen LogP) is 3.27. The number of hydrogen-bond acceptors (Lipinski definition) is 7. The van der Waals surface area contributed by atoms with Gasteiger partial charge in [0.2, 0.25) is 5.95 Å². The van der Waals surface area contributed by atoms with E-state index in [4.69, 9.17) is 11.5 Å². The molecular formula is C28H33N7O2. The van der Waals surface area contributed by atoms with Gasteiger partial charge < -0.3 is 26.6 Å². The molecule has 2 saturated heterocycles. The zero-order valence-electron chi connectivity index (χ0n) is 20.8. The maximum absolute atomic E-state index is 13.4.